The molecule has 0 aliphatic carbocycles. The summed E-state index contributed by atoms with van der Waals surface area (Å²) in [5.74, 6) is -0.929. The van der Waals surface area contributed by atoms with Gasteiger partial charge in [0.05, 0.1) is 22.5 Å². The van der Waals surface area contributed by atoms with Crippen molar-refractivity contribution in [2.24, 2.45) is 0 Å². The first-order chi connectivity index (χ1) is 12.6. The molecule has 1 aromatic carbocycles. The predicted molar refractivity (Wildman–Crippen MR) is 103 cm³/mol. The Morgan fingerprint density at radius 2 is 1.75 bits per heavy atom. The average Bonchev–Trinajstić information content (AvgIpc) is 2.73. The molecular weight excluding hydrogens is 397 g/mol. The van der Waals surface area contributed by atoms with Crippen molar-refractivity contribution in [1.82, 2.24) is 0 Å². The second-order valence-corrected chi connectivity index (χ2v) is 8.70. The van der Waals surface area contributed by atoms with E-state index in [4.69, 9.17) is 15.0 Å². The normalized spacial score (nSPS) is 19.2. The zero-order valence-corrected chi connectivity index (χ0v) is 17.1. The van der Waals surface area contributed by atoms with E-state index in [1.54, 1.807) is 27.7 Å². The number of alkyl halides is 3. The molecule has 2 rings (SSSR count). The van der Waals surface area contributed by atoms with Gasteiger partial charge in [-0.25, -0.2) is 4.39 Å². The number of rotatable bonds is 4. The molecule has 0 bridgehead atoms. The summed E-state index contributed by atoms with van der Waals surface area (Å²) < 4.78 is 65.9. The van der Waals surface area contributed by atoms with Crippen molar-refractivity contribution in [1.29, 1.82) is 0 Å². The molecule has 0 spiro atoms. The minimum atomic E-state index is -4.73. The molecular formula is C18H22BF4NO3S. The lowest BCUT2D eigenvalue weighted by atomic mass is 9.78. The number of halogens is 4. The Morgan fingerprint density at radius 3 is 2.21 bits per heavy atom. The summed E-state index contributed by atoms with van der Waals surface area (Å²) in [4.78, 5) is 11.4. The molecule has 0 radical (unpaired) electrons. The molecule has 0 amide bonds. The molecule has 1 fully saturated rings. The van der Waals surface area contributed by atoms with Gasteiger partial charge >= 0.3 is 13.3 Å². The second-order valence-electron chi connectivity index (χ2n) is 7.55. The monoisotopic (exact) mass is 419 g/mol. The smallest absolute Gasteiger partial charge is 0.400 e. The van der Waals surface area contributed by atoms with Crippen molar-refractivity contribution in [3.8, 4) is 0 Å². The molecule has 28 heavy (non-hydrogen) atoms. The predicted octanol–water partition coefficient (Wildman–Crippen LogP) is 4.72. The van der Waals surface area contributed by atoms with Gasteiger partial charge in [-0.05, 0) is 50.9 Å². The van der Waals surface area contributed by atoms with E-state index in [-0.39, 0.29) is 16.3 Å². The lowest BCUT2D eigenvalue weighted by Crippen LogP contribution is -2.41. The molecule has 2 N–H and O–H groups in total. The van der Waals surface area contributed by atoms with Crippen LogP contribution in [0.5, 0.6) is 0 Å². The zero-order chi connectivity index (χ0) is 21.5. The largest absolute Gasteiger partial charge is 0.491 e. The molecule has 0 aromatic heterocycles. The van der Waals surface area contributed by atoms with Crippen molar-refractivity contribution in [3.63, 3.8) is 0 Å². The van der Waals surface area contributed by atoms with Gasteiger partial charge in [0, 0.05) is 12.7 Å². The molecule has 1 saturated heterocycles. The number of benzene rings is 1. The lowest BCUT2D eigenvalue weighted by Gasteiger charge is -2.32. The van der Waals surface area contributed by atoms with Crippen LogP contribution in [0.4, 0.5) is 23.2 Å². The molecule has 4 nitrogen and oxygen atoms in total. The van der Waals surface area contributed by atoms with Gasteiger partial charge in [-0.1, -0.05) is 17.8 Å². The highest BCUT2D eigenvalue weighted by Crippen LogP contribution is 2.40. The van der Waals surface area contributed by atoms with E-state index in [1.165, 1.54) is 6.92 Å². The van der Waals surface area contributed by atoms with Crippen molar-refractivity contribution in [2.45, 2.75) is 52.0 Å². The number of hydrogen-bond donors (Lipinski definition) is 1. The number of carbonyl (C=O) groups excluding carboxylic acids is 1. The van der Waals surface area contributed by atoms with E-state index in [2.05, 4.69) is 0 Å². The lowest BCUT2D eigenvalue weighted by molar-refractivity contribution is -0.137. The molecule has 0 saturated carbocycles. The van der Waals surface area contributed by atoms with E-state index >= 15 is 0 Å². The maximum Gasteiger partial charge on any atom is 0.491 e. The third-order valence-electron chi connectivity index (χ3n) is 4.81. The van der Waals surface area contributed by atoms with Crippen LogP contribution in [0.25, 0.3) is 6.08 Å². The summed E-state index contributed by atoms with van der Waals surface area (Å²) in [6.45, 7) is 8.54. The summed E-state index contributed by atoms with van der Waals surface area (Å²) in [6, 6.07) is 1.28. The number of anilines is 1. The zero-order valence-electron chi connectivity index (χ0n) is 16.2. The van der Waals surface area contributed by atoms with Crippen LogP contribution in [0.15, 0.2) is 17.6 Å². The van der Waals surface area contributed by atoms with Gasteiger partial charge in [0.25, 0.3) is 0 Å². The van der Waals surface area contributed by atoms with Crippen LogP contribution in [0.3, 0.4) is 0 Å². The Labute approximate surface area is 166 Å². The molecule has 1 heterocycles. The first kappa shape index (κ1) is 22.8. The van der Waals surface area contributed by atoms with Crippen LogP contribution in [0.2, 0.25) is 0 Å². The van der Waals surface area contributed by atoms with Crippen molar-refractivity contribution in [2.75, 3.05) is 11.5 Å². The van der Waals surface area contributed by atoms with Gasteiger partial charge in [0.1, 0.15) is 5.82 Å². The fourth-order valence-corrected chi connectivity index (χ4v) is 3.12. The van der Waals surface area contributed by atoms with Gasteiger partial charge in [0.2, 0.25) is 0 Å². The minimum Gasteiger partial charge on any atom is -0.400 e. The first-order valence-electron chi connectivity index (χ1n) is 8.50. The standard InChI is InChI=1S/C18H22BF4NO3S/c1-10(25)28-9-12(19-26-16(2,3)17(4,5)27-19)6-11-7-14(20)15(24)8-13(11)18(21,22)23/h6-8H,9,24H2,1-5H3. The molecule has 1 aromatic rings. The van der Waals surface area contributed by atoms with Gasteiger partial charge in [-0.3, -0.25) is 4.79 Å². The summed E-state index contributed by atoms with van der Waals surface area (Å²) >= 11 is 0.900. The SMILES string of the molecule is CC(=O)SCC(=Cc1cc(F)c(N)cc1C(F)(F)F)B1OC(C)(C)C(C)(C)O1. The topological polar surface area (TPSA) is 61.6 Å². The van der Waals surface area contributed by atoms with Gasteiger partial charge in [0.15, 0.2) is 5.12 Å². The summed E-state index contributed by atoms with van der Waals surface area (Å²) in [5.41, 5.74) is 2.07. The highest BCUT2D eigenvalue weighted by atomic mass is 32.2. The van der Waals surface area contributed by atoms with Crippen molar-refractivity contribution in [3.05, 3.63) is 34.5 Å². The Hall–Kier alpha value is -1.52. The van der Waals surface area contributed by atoms with Crippen molar-refractivity contribution < 1.29 is 31.7 Å². The third-order valence-corrected chi connectivity index (χ3v) is 5.70. The minimum absolute atomic E-state index is 0.0372. The number of thioether (sulfide) groups is 1. The quantitative estimate of drug-likeness (QED) is 0.435. The number of nitrogens with two attached hydrogens (primary N) is 1. The van der Waals surface area contributed by atoms with Crippen LogP contribution in [-0.2, 0) is 20.3 Å². The molecule has 1 aliphatic heterocycles. The highest BCUT2D eigenvalue weighted by Gasteiger charge is 2.52. The molecule has 1 aliphatic rings. The van der Waals surface area contributed by atoms with Crippen LogP contribution < -0.4 is 5.73 Å². The molecule has 0 atom stereocenters. The van der Waals surface area contributed by atoms with Crippen LogP contribution in [0, 0.1) is 5.82 Å². The maximum atomic E-state index is 13.9. The maximum absolute atomic E-state index is 13.9. The highest BCUT2D eigenvalue weighted by molar-refractivity contribution is 8.13. The van der Waals surface area contributed by atoms with E-state index in [0.29, 0.717) is 6.07 Å². The van der Waals surface area contributed by atoms with Gasteiger partial charge in [-0.15, -0.1) is 0 Å². The Kier molecular flexibility index (Phi) is 6.28. The van der Waals surface area contributed by atoms with Crippen LogP contribution in [0.1, 0.15) is 45.7 Å². The number of hydrogen-bond acceptors (Lipinski definition) is 5. The fourth-order valence-electron chi connectivity index (χ4n) is 2.53. The Balaban J connectivity index is 2.55. The summed E-state index contributed by atoms with van der Waals surface area (Å²) in [6.07, 6.45) is -3.58. The van der Waals surface area contributed by atoms with E-state index in [1.807, 2.05) is 0 Å². The van der Waals surface area contributed by atoms with E-state index < -0.39 is 47.1 Å². The number of nitrogen functional groups attached to an aromatic ring is 1. The van der Waals surface area contributed by atoms with E-state index in [9.17, 15) is 22.4 Å². The molecule has 0 unspecified atom stereocenters. The fraction of sp³-hybridized carbons (Fsp3) is 0.500. The van der Waals surface area contributed by atoms with Gasteiger partial charge < -0.3 is 15.0 Å². The Morgan fingerprint density at radius 1 is 1.21 bits per heavy atom. The first-order valence-corrected chi connectivity index (χ1v) is 9.48. The Bertz CT molecular complexity index is 793. The third kappa shape index (κ3) is 4.90. The number of carbonyl (C=O) groups is 1. The molecule has 10 heteroatoms. The molecule has 154 valence electrons. The van der Waals surface area contributed by atoms with E-state index in [0.717, 1.165) is 23.9 Å². The van der Waals surface area contributed by atoms with Crippen molar-refractivity contribution >= 4 is 35.8 Å². The van der Waals surface area contributed by atoms with Crippen LogP contribution in [-0.4, -0.2) is 29.2 Å². The summed E-state index contributed by atoms with van der Waals surface area (Å²) in [7, 11) is -0.974. The summed E-state index contributed by atoms with van der Waals surface area (Å²) in [5, 5.41) is -0.220. The van der Waals surface area contributed by atoms with Gasteiger partial charge in [-0.2, -0.15) is 13.2 Å². The van der Waals surface area contributed by atoms with Crippen LogP contribution >= 0.6 is 11.8 Å². The average molecular weight is 419 g/mol. The second kappa shape index (κ2) is 7.72.